The van der Waals surface area contributed by atoms with Gasteiger partial charge in [-0.25, -0.2) is 16.8 Å². The topological polar surface area (TPSA) is 130 Å². The van der Waals surface area contributed by atoms with Crippen LogP contribution in [0.1, 0.15) is 11.5 Å². The van der Waals surface area contributed by atoms with Gasteiger partial charge >= 0.3 is 11.9 Å². The van der Waals surface area contributed by atoms with Gasteiger partial charge in [0.2, 0.25) is 0 Å². The average Bonchev–Trinajstić information content (AvgIpc) is 2.58. The van der Waals surface area contributed by atoms with E-state index in [1.165, 1.54) is 31.4 Å². The molecule has 1 aromatic carbocycles. The highest BCUT2D eigenvalue weighted by atomic mass is 32.3. The van der Waals surface area contributed by atoms with Gasteiger partial charge in [0.05, 0.1) is 21.3 Å². The number of carbonyl (C=O) groups excluding carboxylic acids is 2. The lowest BCUT2D eigenvalue weighted by Gasteiger charge is -2.34. The van der Waals surface area contributed by atoms with Gasteiger partial charge in [-0.05, 0) is 17.7 Å². The van der Waals surface area contributed by atoms with E-state index in [0.717, 1.165) is 14.2 Å². The molecule has 9 nitrogen and oxygen atoms in total. The Kier molecular flexibility index (Phi) is 5.61. The van der Waals surface area contributed by atoms with Gasteiger partial charge in [-0.15, -0.1) is 0 Å². The molecule has 1 fully saturated rings. The van der Waals surface area contributed by atoms with Gasteiger partial charge in [0.25, 0.3) is 0 Å². The molecular formula is C15H18O9S2. The van der Waals surface area contributed by atoms with E-state index in [-0.39, 0.29) is 5.56 Å². The maximum atomic E-state index is 12.5. The molecule has 2 rings (SSSR count). The number of rotatable bonds is 4. The molecule has 0 bridgehead atoms. The van der Waals surface area contributed by atoms with E-state index in [9.17, 15) is 26.4 Å². The summed E-state index contributed by atoms with van der Waals surface area (Å²) in [6.45, 7) is 0. The highest BCUT2D eigenvalue weighted by Crippen LogP contribution is 2.39. The molecule has 0 spiro atoms. The summed E-state index contributed by atoms with van der Waals surface area (Å²) in [6, 6.07) is 5.72. The number of esters is 2. The van der Waals surface area contributed by atoms with Crippen LogP contribution in [0.3, 0.4) is 0 Å². The number of carbonyl (C=O) groups is 2. The Labute approximate surface area is 151 Å². The standard InChI is InChI=1S/C15H18O9S2/c1-22-10-6-4-9(5-7-10)11-12(14(16)23-2)25(18,19)8-26(20,21)13(11)15(17)24-3/h4-7,11-13H,8H2,1-3H3/t11?,12-,13+. The summed E-state index contributed by atoms with van der Waals surface area (Å²) < 4.78 is 64.2. The second-order valence-corrected chi connectivity index (χ2v) is 10.2. The van der Waals surface area contributed by atoms with Crippen LogP contribution in [0.5, 0.6) is 5.75 Å². The molecule has 1 heterocycles. The van der Waals surface area contributed by atoms with Crippen LogP contribution in [0.25, 0.3) is 0 Å². The third-order valence-corrected chi connectivity index (χ3v) is 9.27. The molecule has 1 unspecified atom stereocenters. The molecule has 1 aliphatic rings. The number of ether oxygens (including phenoxy) is 3. The number of methoxy groups -OCH3 is 3. The number of hydrogen-bond donors (Lipinski definition) is 0. The van der Waals surface area contributed by atoms with Gasteiger partial charge in [-0.3, -0.25) is 9.59 Å². The average molecular weight is 406 g/mol. The fourth-order valence-electron chi connectivity index (χ4n) is 2.98. The Morgan fingerprint density at radius 1 is 0.846 bits per heavy atom. The van der Waals surface area contributed by atoms with Crippen LogP contribution in [0.15, 0.2) is 24.3 Å². The Morgan fingerprint density at radius 3 is 1.62 bits per heavy atom. The van der Waals surface area contributed by atoms with E-state index in [4.69, 9.17) is 4.74 Å². The van der Waals surface area contributed by atoms with E-state index in [1.54, 1.807) is 0 Å². The summed E-state index contributed by atoms with van der Waals surface area (Å²) in [4.78, 5) is 24.4. The fourth-order valence-corrected chi connectivity index (χ4v) is 8.38. The molecule has 144 valence electrons. The van der Waals surface area contributed by atoms with Crippen molar-refractivity contribution in [2.75, 3.05) is 26.4 Å². The Morgan fingerprint density at radius 2 is 1.27 bits per heavy atom. The first-order valence-corrected chi connectivity index (χ1v) is 10.7. The van der Waals surface area contributed by atoms with E-state index < -0.39 is 53.1 Å². The normalized spacial score (nSPS) is 26.5. The molecule has 1 saturated heterocycles. The van der Waals surface area contributed by atoms with Gasteiger partial charge in [-0.2, -0.15) is 0 Å². The van der Waals surface area contributed by atoms with Gasteiger partial charge in [-0.1, -0.05) is 12.1 Å². The van der Waals surface area contributed by atoms with Crippen molar-refractivity contribution in [1.29, 1.82) is 0 Å². The van der Waals surface area contributed by atoms with Gasteiger partial charge in [0, 0.05) is 5.92 Å². The van der Waals surface area contributed by atoms with Crippen LogP contribution >= 0.6 is 0 Å². The Balaban J connectivity index is 2.75. The first kappa shape index (κ1) is 20.2. The minimum atomic E-state index is -4.43. The monoisotopic (exact) mass is 406 g/mol. The van der Waals surface area contributed by atoms with Crippen molar-refractivity contribution in [3.63, 3.8) is 0 Å². The zero-order chi connectivity index (χ0) is 19.7. The largest absolute Gasteiger partial charge is 0.497 e. The van der Waals surface area contributed by atoms with Crippen molar-refractivity contribution < 1.29 is 40.6 Å². The predicted octanol–water partition coefficient (Wildman–Crippen LogP) is -0.337. The lowest BCUT2D eigenvalue weighted by Crippen LogP contribution is -2.55. The Hall–Kier alpha value is -2.14. The quantitative estimate of drug-likeness (QED) is 0.616. The summed E-state index contributed by atoms with van der Waals surface area (Å²) in [5, 5.41) is -5.05. The summed E-state index contributed by atoms with van der Waals surface area (Å²) in [5.74, 6) is -3.37. The molecule has 3 atom stereocenters. The summed E-state index contributed by atoms with van der Waals surface area (Å²) >= 11 is 0. The first-order chi connectivity index (χ1) is 12.1. The van der Waals surface area contributed by atoms with Crippen molar-refractivity contribution in [2.45, 2.75) is 16.4 Å². The maximum Gasteiger partial charge on any atom is 0.324 e. The van der Waals surface area contributed by atoms with Crippen LogP contribution < -0.4 is 4.74 Å². The summed E-state index contributed by atoms with van der Waals surface area (Å²) in [5.41, 5.74) is 0.156. The number of benzene rings is 1. The van der Waals surface area contributed by atoms with E-state index in [1.807, 2.05) is 0 Å². The lowest BCUT2D eigenvalue weighted by atomic mass is 9.91. The van der Waals surface area contributed by atoms with Crippen LogP contribution in [-0.4, -0.2) is 65.7 Å². The molecule has 0 radical (unpaired) electrons. The van der Waals surface area contributed by atoms with Crippen LogP contribution in [0.2, 0.25) is 0 Å². The SMILES string of the molecule is COC(=O)[C@@H]1C(c2ccc(OC)cc2)[C@H](C(=O)OC)S(=O)(=O)CS1(=O)=O. The van der Waals surface area contributed by atoms with Gasteiger partial charge in [0.1, 0.15) is 5.75 Å². The molecule has 0 saturated carbocycles. The van der Waals surface area contributed by atoms with Crippen molar-refractivity contribution in [2.24, 2.45) is 0 Å². The first-order valence-electron chi connectivity index (χ1n) is 7.31. The van der Waals surface area contributed by atoms with Gasteiger partial charge < -0.3 is 14.2 Å². The zero-order valence-corrected chi connectivity index (χ0v) is 15.9. The minimum absolute atomic E-state index is 0.156. The summed E-state index contributed by atoms with van der Waals surface area (Å²) in [6.07, 6.45) is 0. The van der Waals surface area contributed by atoms with E-state index in [0.29, 0.717) is 5.75 Å². The van der Waals surface area contributed by atoms with Crippen molar-refractivity contribution in [1.82, 2.24) is 0 Å². The third kappa shape index (κ3) is 3.54. The Bertz CT molecular complexity index is 849. The third-order valence-electron chi connectivity index (χ3n) is 4.12. The molecular weight excluding hydrogens is 388 g/mol. The molecule has 1 aromatic rings. The van der Waals surface area contributed by atoms with Crippen molar-refractivity contribution in [3.05, 3.63) is 29.8 Å². The minimum Gasteiger partial charge on any atom is -0.497 e. The molecule has 0 N–H and O–H groups in total. The smallest absolute Gasteiger partial charge is 0.324 e. The molecule has 0 aromatic heterocycles. The predicted molar refractivity (Wildman–Crippen MR) is 90.0 cm³/mol. The lowest BCUT2D eigenvalue weighted by molar-refractivity contribution is -0.142. The van der Waals surface area contributed by atoms with E-state index >= 15 is 0 Å². The second-order valence-electron chi connectivity index (χ2n) is 5.63. The van der Waals surface area contributed by atoms with Crippen molar-refractivity contribution in [3.8, 4) is 5.75 Å². The second kappa shape index (κ2) is 7.23. The molecule has 11 heteroatoms. The van der Waals surface area contributed by atoms with Crippen molar-refractivity contribution >= 4 is 31.6 Å². The van der Waals surface area contributed by atoms with Crippen LogP contribution in [-0.2, 0) is 38.7 Å². The fraction of sp³-hybridized carbons (Fsp3) is 0.467. The van der Waals surface area contributed by atoms with E-state index in [2.05, 4.69) is 9.47 Å². The molecule has 0 amide bonds. The zero-order valence-electron chi connectivity index (χ0n) is 14.2. The van der Waals surface area contributed by atoms with Gasteiger partial charge in [0.15, 0.2) is 35.3 Å². The van der Waals surface area contributed by atoms with Crippen LogP contribution in [0, 0.1) is 0 Å². The molecule has 26 heavy (non-hydrogen) atoms. The highest BCUT2D eigenvalue weighted by Gasteiger charge is 2.58. The number of sulfone groups is 2. The molecule has 1 aliphatic heterocycles. The summed E-state index contributed by atoms with van der Waals surface area (Å²) in [7, 11) is -5.48. The van der Waals surface area contributed by atoms with Crippen LogP contribution in [0.4, 0.5) is 0 Å². The maximum absolute atomic E-state index is 12.5. The molecule has 0 aliphatic carbocycles. The highest BCUT2D eigenvalue weighted by molar-refractivity contribution is 8.10. The number of hydrogen-bond acceptors (Lipinski definition) is 9.